The summed E-state index contributed by atoms with van der Waals surface area (Å²) < 4.78 is 0.361. The van der Waals surface area contributed by atoms with Gasteiger partial charge < -0.3 is 0 Å². The van der Waals surface area contributed by atoms with Crippen molar-refractivity contribution in [2.45, 2.75) is 25.7 Å². The minimum atomic E-state index is 0.361. The summed E-state index contributed by atoms with van der Waals surface area (Å²) in [6.07, 6.45) is 4.81. The molecule has 0 atom stereocenters. The average molecular weight is 224 g/mol. The topological polar surface area (TPSA) is 17.1 Å². The third-order valence-electron chi connectivity index (χ3n) is 1.68. The summed E-state index contributed by atoms with van der Waals surface area (Å²) in [6.45, 7) is 0. The van der Waals surface area contributed by atoms with Gasteiger partial charge in [-0.05, 0) is 35.4 Å². The second kappa shape index (κ2) is 2.80. The van der Waals surface area contributed by atoms with E-state index in [0.717, 1.165) is 12.8 Å². The van der Waals surface area contributed by atoms with Crippen LogP contribution in [0.25, 0.3) is 0 Å². The van der Waals surface area contributed by atoms with Gasteiger partial charge >= 0.3 is 0 Å². The van der Waals surface area contributed by atoms with Gasteiger partial charge in [0.25, 0.3) is 0 Å². The fourth-order valence-electron chi connectivity index (χ4n) is 1.15. The maximum atomic E-state index is 10.6. The molecule has 0 aromatic rings. The van der Waals surface area contributed by atoms with Gasteiger partial charge in [0.1, 0.15) is 0 Å². The molecule has 0 aliphatic heterocycles. The highest BCUT2D eigenvalue weighted by Gasteiger charge is 2.19. The molecule has 0 saturated heterocycles. The molecule has 0 aromatic carbocycles. The van der Waals surface area contributed by atoms with Crippen LogP contribution in [0.4, 0.5) is 0 Å². The Bertz CT molecular complexity index is 94.7. The van der Waals surface area contributed by atoms with Crippen molar-refractivity contribution in [3.8, 4) is 0 Å². The summed E-state index contributed by atoms with van der Waals surface area (Å²) in [5, 5.41) is 0. The lowest BCUT2D eigenvalue weighted by molar-refractivity contribution is -0.112. The third kappa shape index (κ3) is 1.44. The highest BCUT2D eigenvalue weighted by molar-refractivity contribution is 14.1. The molecule has 0 N–H and O–H groups in total. The monoisotopic (exact) mass is 224 g/mol. The van der Waals surface area contributed by atoms with E-state index in [4.69, 9.17) is 0 Å². The first-order chi connectivity index (χ1) is 3.80. The normalized spacial score (nSPS) is 21.6. The molecule has 1 aliphatic rings. The van der Waals surface area contributed by atoms with Gasteiger partial charge in [0.2, 0.25) is 0 Å². The van der Waals surface area contributed by atoms with Crippen molar-refractivity contribution >= 4 is 26.4 Å². The predicted molar refractivity (Wildman–Crippen MR) is 41.0 cm³/mol. The molecule has 0 bridgehead atoms. The molecular weight excluding hydrogens is 215 g/mol. The number of hydrogen-bond donors (Lipinski definition) is 0. The summed E-state index contributed by atoms with van der Waals surface area (Å²) in [6, 6.07) is 0. The molecule has 0 amide bonds. The summed E-state index contributed by atoms with van der Waals surface area (Å²) in [5.74, 6) is 0.413. The average Bonchev–Trinajstić information content (AvgIpc) is 2.12. The van der Waals surface area contributed by atoms with Crippen molar-refractivity contribution in [2.24, 2.45) is 5.92 Å². The van der Waals surface area contributed by atoms with Crippen LogP contribution in [0.15, 0.2) is 0 Å². The molecule has 1 rings (SSSR count). The van der Waals surface area contributed by atoms with Crippen molar-refractivity contribution in [1.29, 1.82) is 0 Å². The Balaban J connectivity index is 2.35. The molecular formula is C6H9IO. The largest absolute Gasteiger partial charge is 0.287 e. The van der Waals surface area contributed by atoms with Crippen molar-refractivity contribution < 1.29 is 4.79 Å². The van der Waals surface area contributed by atoms with Crippen LogP contribution in [0.5, 0.6) is 0 Å². The van der Waals surface area contributed by atoms with Crippen molar-refractivity contribution in [1.82, 2.24) is 0 Å². The molecule has 0 heterocycles. The number of rotatable bonds is 1. The van der Waals surface area contributed by atoms with Crippen LogP contribution in [-0.4, -0.2) is 3.79 Å². The smallest absolute Gasteiger partial charge is 0.195 e. The molecule has 1 saturated carbocycles. The first-order valence-corrected chi connectivity index (χ1v) is 4.08. The van der Waals surface area contributed by atoms with Gasteiger partial charge in [-0.25, -0.2) is 0 Å². The van der Waals surface area contributed by atoms with Gasteiger partial charge in [0.15, 0.2) is 3.79 Å². The van der Waals surface area contributed by atoms with Gasteiger partial charge in [0, 0.05) is 5.92 Å². The molecule has 46 valence electrons. The second-order valence-electron chi connectivity index (χ2n) is 2.29. The summed E-state index contributed by atoms with van der Waals surface area (Å²) >= 11 is 1.91. The Hall–Kier alpha value is 0.400. The third-order valence-corrected chi connectivity index (χ3v) is 2.56. The van der Waals surface area contributed by atoms with Crippen LogP contribution in [0.3, 0.4) is 0 Å². The van der Waals surface area contributed by atoms with E-state index < -0.39 is 0 Å². The Labute approximate surface area is 63.0 Å². The van der Waals surface area contributed by atoms with Crippen LogP contribution in [-0.2, 0) is 4.79 Å². The van der Waals surface area contributed by atoms with E-state index in [0.29, 0.717) is 9.71 Å². The van der Waals surface area contributed by atoms with E-state index in [-0.39, 0.29) is 0 Å². The molecule has 2 heteroatoms. The molecule has 0 spiro atoms. The van der Waals surface area contributed by atoms with E-state index in [9.17, 15) is 4.79 Å². The highest BCUT2D eigenvalue weighted by Crippen LogP contribution is 2.26. The molecule has 1 nitrogen and oxygen atoms in total. The summed E-state index contributed by atoms with van der Waals surface area (Å²) in [5.41, 5.74) is 0. The SMILES string of the molecule is O=C(I)C1CCCC1. The fraction of sp³-hybridized carbons (Fsp3) is 0.833. The lowest BCUT2D eigenvalue weighted by Gasteiger charge is -1.97. The van der Waals surface area contributed by atoms with Crippen molar-refractivity contribution in [3.63, 3.8) is 0 Å². The quantitative estimate of drug-likeness (QED) is 0.492. The Morgan fingerprint density at radius 1 is 1.38 bits per heavy atom. The van der Waals surface area contributed by atoms with E-state index in [1.54, 1.807) is 0 Å². The highest BCUT2D eigenvalue weighted by atomic mass is 127. The van der Waals surface area contributed by atoms with Crippen LogP contribution >= 0.6 is 22.6 Å². The van der Waals surface area contributed by atoms with E-state index in [2.05, 4.69) is 0 Å². The fourth-order valence-corrected chi connectivity index (χ4v) is 1.78. The maximum absolute atomic E-state index is 10.6. The Morgan fingerprint density at radius 2 is 1.88 bits per heavy atom. The van der Waals surface area contributed by atoms with Gasteiger partial charge in [-0.2, -0.15) is 0 Å². The standard InChI is InChI=1S/C6H9IO/c7-6(8)5-3-1-2-4-5/h5H,1-4H2. The van der Waals surface area contributed by atoms with Crippen LogP contribution in [0.2, 0.25) is 0 Å². The summed E-state index contributed by atoms with van der Waals surface area (Å²) in [7, 11) is 0. The first kappa shape index (κ1) is 6.52. The zero-order valence-electron chi connectivity index (χ0n) is 4.69. The number of halogens is 1. The molecule has 0 aromatic heterocycles. The van der Waals surface area contributed by atoms with Gasteiger partial charge in [-0.3, -0.25) is 4.79 Å². The second-order valence-corrected chi connectivity index (χ2v) is 3.35. The van der Waals surface area contributed by atoms with Gasteiger partial charge in [-0.1, -0.05) is 12.8 Å². The number of carbonyl (C=O) groups excluding carboxylic acids is 1. The number of hydrogen-bond acceptors (Lipinski definition) is 1. The van der Waals surface area contributed by atoms with Gasteiger partial charge in [0.05, 0.1) is 0 Å². The van der Waals surface area contributed by atoms with Crippen LogP contribution in [0, 0.1) is 5.92 Å². The molecule has 1 aliphatic carbocycles. The molecule has 1 fully saturated rings. The van der Waals surface area contributed by atoms with Crippen molar-refractivity contribution in [3.05, 3.63) is 0 Å². The minimum absolute atomic E-state index is 0.361. The van der Waals surface area contributed by atoms with Crippen LogP contribution in [0.1, 0.15) is 25.7 Å². The Kier molecular flexibility index (Phi) is 2.28. The lowest BCUT2D eigenvalue weighted by Crippen LogP contribution is -2.00. The molecule has 0 radical (unpaired) electrons. The van der Waals surface area contributed by atoms with E-state index in [1.165, 1.54) is 12.8 Å². The molecule has 0 unspecified atom stereocenters. The zero-order valence-corrected chi connectivity index (χ0v) is 6.85. The maximum Gasteiger partial charge on any atom is 0.195 e. The minimum Gasteiger partial charge on any atom is -0.287 e. The molecule has 8 heavy (non-hydrogen) atoms. The lowest BCUT2D eigenvalue weighted by atomic mass is 10.1. The van der Waals surface area contributed by atoms with Crippen LogP contribution < -0.4 is 0 Å². The Morgan fingerprint density at radius 3 is 2.12 bits per heavy atom. The van der Waals surface area contributed by atoms with E-state index >= 15 is 0 Å². The first-order valence-electron chi connectivity index (χ1n) is 3.00. The van der Waals surface area contributed by atoms with Crippen molar-refractivity contribution in [2.75, 3.05) is 0 Å². The predicted octanol–water partition coefficient (Wildman–Crippen LogP) is 2.14. The summed E-state index contributed by atoms with van der Waals surface area (Å²) in [4.78, 5) is 10.6. The number of carbonyl (C=O) groups is 1. The van der Waals surface area contributed by atoms with E-state index in [1.807, 2.05) is 22.6 Å². The zero-order chi connectivity index (χ0) is 5.98. The van der Waals surface area contributed by atoms with Gasteiger partial charge in [-0.15, -0.1) is 0 Å².